The van der Waals surface area contributed by atoms with Crippen LogP contribution in [0.5, 0.6) is 0 Å². The SMILES string of the molecule is Cc1cc(C)c(NC(=O)Nc2cnn(CCO)c2)c(C)c1. The van der Waals surface area contributed by atoms with E-state index in [9.17, 15) is 4.79 Å². The van der Waals surface area contributed by atoms with Crippen molar-refractivity contribution >= 4 is 17.4 Å². The van der Waals surface area contributed by atoms with Gasteiger partial charge in [0.25, 0.3) is 0 Å². The van der Waals surface area contributed by atoms with Crippen molar-refractivity contribution < 1.29 is 9.90 Å². The first-order valence-corrected chi connectivity index (χ1v) is 6.79. The molecular formula is C15H20N4O2. The molecule has 0 aliphatic heterocycles. The molecule has 0 radical (unpaired) electrons. The van der Waals surface area contributed by atoms with Gasteiger partial charge in [0.05, 0.1) is 25.0 Å². The van der Waals surface area contributed by atoms with Crippen LogP contribution in [0.2, 0.25) is 0 Å². The summed E-state index contributed by atoms with van der Waals surface area (Å²) in [5.41, 5.74) is 4.63. The fourth-order valence-corrected chi connectivity index (χ4v) is 2.31. The van der Waals surface area contributed by atoms with Gasteiger partial charge >= 0.3 is 6.03 Å². The molecule has 6 nitrogen and oxygen atoms in total. The second kappa shape index (κ2) is 6.41. The van der Waals surface area contributed by atoms with Crippen molar-refractivity contribution in [3.8, 4) is 0 Å². The first kappa shape index (κ1) is 15.1. The average molecular weight is 288 g/mol. The van der Waals surface area contributed by atoms with Crippen molar-refractivity contribution in [2.24, 2.45) is 0 Å². The Morgan fingerprint density at radius 3 is 2.52 bits per heavy atom. The fourth-order valence-electron chi connectivity index (χ4n) is 2.31. The summed E-state index contributed by atoms with van der Waals surface area (Å²) in [5, 5.41) is 18.4. The number of aliphatic hydroxyl groups excluding tert-OH is 1. The minimum atomic E-state index is -0.311. The summed E-state index contributed by atoms with van der Waals surface area (Å²) in [6, 6.07) is 3.75. The molecule has 3 N–H and O–H groups in total. The molecule has 0 spiro atoms. The molecule has 1 heterocycles. The number of aromatic nitrogens is 2. The van der Waals surface area contributed by atoms with Gasteiger partial charge in [-0.15, -0.1) is 0 Å². The first-order chi connectivity index (χ1) is 9.99. The molecule has 2 rings (SSSR count). The number of aliphatic hydroxyl groups is 1. The van der Waals surface area contributed by atoms with Crippen LogP contribution in [0.15, 0.2) is 24.5 Å². The topological polar surface area (TPSA) is 79.2 Å². The number of carbonyl (C=O) groups excluding carboxylic acids is 1. The van der Waals surface area contributed by atoms with Crippen molar-refractivity contribution in [1.29, 1.82) is 0 Å². The number of rotatable bonds is 4. The van der Waals surface area contributed by atoms with Crippen LogP contribution in [0.25, 0.3) is 0 Å². The van der Waals surface area contributed by atoms with Gasteiger partial charge in [-0.05, 0) is 31.9 Å². The zero-order valence-corrected chi connectivity index (χ0v) is 12.5. The maximum atomic E-state index is 12.0. The Balaban J connectivity index is 2.04. The molecule has 2 aromatic rings. The number of nitrogens with one attached hydrogen (secondary N) is 2. The number of nitrogens with zero attached hydrogens (tertiary/aromatic N) is 2. The van der Waals surface area contributed by atoms with E-state index in [0.717, 1.165) is 16.8 Å². The van der Waals surface area contributed by atoms with Gasteiger partial charge in [-0.3, -0.25) is 4.68 Å². The van der Waals surface area contributed by atoms with Gasteiger partial charge in [0, 0.05) is 11.9 Å². The Labute approximate surface area is 123 Å². The molecule has 1 aromatic carbocycles. The lowest BCUT2D eigenvalue weighted by Gasteiger charge is -2.13. The Hall–Kier alpha value is -2.34. The number of hydrogen-bond acceptors (Lipinski definition) is 3. The van der Waals surface area contributed by atoms with E-state index in [1.165, 1.54) is 5.56 Å². The molecule has 6 heteroatoms. The molecule has 21 heavy (non-hydrogen) atoms. The van der Waals surface area contributed by atoms with Crippen LogP contribution in [-0.2, 0) is 6.54 Å². The first-order valence-electron chi connectivity index (χ1n) is 6.79. The number of carbonyl (C=O) groups is 1. The highest BCUT2D eigenvalue weighted by molar-refractivity contribution is 6.00. The second-order valence-electron chi connectivity index (χ2n) is 5.07. The minimum Gasteiger partial charge on any atom is -0.394 e. The summed E-state index contributed by atoms with van der Waals surface area (Å²) in [7, 11) is 0. The van der Waals surface area contributed by atoms with E-state index in [2.05, 4.69) is 15.7 Å². The highest BCUT2D eigenvalue weighted by Gasteiger charge is 2.09. The summed E-state index contributed by atoms with van der Waals surface area (Å²) in [5.74, 6) is 0. The Bertz CT molecular complexity index is 626. The average Bonchev–Trinajstić information content (AvgIpc) is 2.81. The lowest BCUT2D eigenvalue weighted by atomic mass is 10.1. The number of benzene rings is 1. The van der Waals surface area contributed by atoms with Crippen LogP contribution in [0.4, 0.5) is 16.2 Å². The van der Waals surface area contributed by atoms with Gasteiger partial charge in [0.15, 0.2) is 0 Å². The van der Waals surface area contributed by atoms with Gasteiger partial charge in [-0.1, -0.05) is 17.7 Å². The molecule has 0 aliphatic carbocycles. The number of amides is 2. The Kier molecular flexibility index (Phi) is 4.59. The van der Waals surface area contributed by atoms with E-state index in [1.54, 1.807) is 17.1 Å². The van der Waals surface area contributed by atoms with Gasteiger partial charge in [0.2, 0.25) is 0 Å². The van der Waals surface area contributed by atoms with E-state index in [0.29, 0.717) is 12.2 Å². The van der Waals surface area contributed by atoms with E-state index in [1.807, 2.05) is 32.9 Å². The quantitative estimate of drug-likeness (QED) is 0.808. The molecule has 2 amide bonds. The summed E-state index contributed by atoms with van der Waals surface area (Å²) in [6.07, 6.45) is 3.22. The maximum absolute atomic E-state index is 12.0. The van der Waals surface area contributed by atoms with Crippen molar-refractivity contribution in [1.82, 2.24) is 9.78 Å². The Morgan fingerprint density at radius 2 is 1.90 bits per heavy atom. The zero-order chi connectivity index (χ0) is 15.4. The molecule has 1 aromatic heterocycles. The molecular weight excluding hydrogens is 268 g/mol. The summed E-state index contributed by atoms with van der Waals surface area (Å²) in [6.45, 7) is 6.37. The van der Waals surface area contributed by atoms with E-state index in [-0.39, 0.29) is 12.6 Å². The largest absolute Gasteiger partial charge is 0.394 e. The number of urea groups is 1. The van der Waals surface area contributed by atoms with E-state index < -0.39 is 0 Å². The minimum absolute atomic E-state index is 0.00900. The van der Waals surface area contributed by atoms with Gasteiger partial charge < -0.3 is 15.7 Å². The Morgan fingerprint density at radius 1 is 1.24 bits per heavy atom. The van der Waals surface area contributed by atoms with Crippen molar-refractivity contribution in [2.75, 3.05) is 17.2 Å². The van der Waals surface area contributed by atoms with Crippen LogP contribution in [0.1, 0.15) is 16.7 Å². The number of aryl methyl sites for hydroxylation is 3. The van der Waals surface area contributed by atoms with Crippen LogP contribution < -0.4 is 10.6 Å². The van der Waals surface area contributed by atoms with E-state index in [4.69, 9.17) is 5.11 Å². The highest BCUT2D eigenvalue weighted by Crippen LogP contribution is 2.22. The molecule has 0 fully saturated rings. The third-order valence-electron chi connectivity index (χ3n) is 3.14. The molecule has 0 saturated heterocycles. The molecule has 0 atom stereocenters. The highest BCUT2D eigenvalue weighted by atomic mass is 16.3. The van der Waals surface area contributed by atoms with Crippen molar-refractivity contribution in [2.45, 2.75) is 27.3 Å². The second-order valence-corrected chi connectivity index (χ2v) is 5.07. The van der Waals surface area contributed by atoms with Crippen LogP contribution in [0, 0.1) is 20.8 Å². The third-order valence-corrected chi connectivity index (χ3v) is 3.14. The molecule has 0 unspecified atom stereocenters. The normalized spacial score (nSPS) is 10.5. The predicted octanol–water partition coefficient (Wildman–Crippen LogP) is 2.44. The maximum Gasteiger partial charge on any atom is 0.323 e. The lowest BCUT2D eigenvalue weighted by Crippen LogP contribution is -2.20. The lowest BCUT2D eigenvalue weighted by molar-refractivity contribution is 0.262. The van der Waals surface area contributed by atoms with Crippen LogP contribution >= 0.6 is 0 Å². The molecule has 112 valence electrons. The van der Waals surface area contributed by atoms with Gasteiger partial charge in [0.1, 0.15) is 0 Å². The monoisotopic (exact) mass is 288 g/mol. The molecule has 0 bridgehead atoms. The van der Waals surface area contributed by atoms with Gasteiger partial charge in [-0.2, -0.15) is 5.10 Å². The standard InChI is InChI=1S/C15H20N4O2/c1-10-6-11(2)14(12(3)7-10)18-15(21)17-13-8-16-19(9-13)4-5-20/h6-9,20H,4-5H2,1-3H3,(H2,17,18,21). The van der Waals surface area contributed by atoms with Crippen molar-refractivity contribution in [3.05, 3.63) is 41.2 Å². The summed E-state index contributed by atoms with van der Waals surface area (Å²) in [4.78, 5) is 12.0. The van der Waals surface area contributed by atoms with Crippen molar-refractivity contribution in [3.63, 3.8) is 0 Å². The number of anilines is 2. The predicted molar refractivity (Wildman–Crippen MR) is 82.6 cm³/mol. The molecule has 0 saturated carbocycles. The zero-order valence-electron chi connectivity index (χ0n) is 12.5. The smallest absolute Gasteiger partial charge is 0.323 e. The van der Waals surface area contributed by atoms with Crippen LogP contribution in [0.3, 0.4) is 0 Å². The molecule has 0 aliphatic rings. The van der Waals surface area contributed by atoms with E-state index >= 15 is 0 Å². The van der Waals surface area contributed by atoms with Crippen LogP contribution in [-0.4, -0.2) is 27.5 Å². The summed E-state index contributed by atoms with van der Waals surface area (Å²) < 4.78 is 1.57. The summed E-state index contributed by atoms with van der Waals surface area (Å²) >= 11 is 0. The van der Waals surface area contributed by atoms with Gasteiger partial charge in [-0.25, -0.2) is 4.79 Å². The fraction of sp³-hybridized carbons (Fsp3) is 0.333. The third kappa shape index (κ3) is 3.82. The number of hydrogen-bond donors (Lipinski definition) is 3.